The van der Waals surface area contributed by atoms with Crippen molar-refractivity contribution in [3.8, 4) is 11.5 Å². The van der Waals surface area contributed by atoms with Crippen molar-refractivity contribution >= 4 is 45.4 Å². The number of phenolic OH excluding ortho intramolecular Hbond substituents is 2. The van der Waals surface area contributed by atoms with Crippen LogP contribution in [0.25, 0.3) is 6.08 Å². The molecule has 1 aliphatic heterocycles. The lowest BCUT2D eigenvalue weighted by molar-refractivity contribution is -0.116. The molecule has 0 spiro atoms. The second kappa shape index (κ2) is 7.41. The Morgan fingerprint density at radius 3 is 2.64 bits per heavy atom. The van der Waals surface area contributed by atoms with E-state index in [4.69, 9.17) is 0 Å². The molecule has 0 radical (unpaired) electrons. The highest BCUT2D eigenvalue weighted by Crippen LogP contribution is 2.36. The monoisotopic (exact) mass is 420 g/mol. The number of nitrogens with one attached hydrogen (secondary N) is 2. The molecule has 25 heavy (non-hydrogen) atoms. The SMILES string of the molecule is CCc1ccc(N[C@H]2NC(=O)/C(=C/c3cc(Br)c(O)cc3O)S2)cc1. The lowest BCUT2D eigenvalue weighted by Gasteiger charge is -2.12. The number of rotatable bonds is 4. The summed E-state index contributed by atoms with van der Waals surface area (Å²) in [5.41, 5.74) is 2.35. The molecule has 1 atom stereocenters. The molecule has 0 aliphatic carbocycles. The normalized spacial score (nSPS) is 18.4. The van der Waals surface area contributed by atoms with Gasteiger partial charge in [-0.3, -0.25) is 4.79 Å². The van der Waals surface area contributed by atoms with Crippen LogP contribution in [0.1, 0.15) is 18.1 Å². The van der Waals surface area contributed by atoms with Crippen LogP contribution in [0.3, 0.4) is 0 Å². The van der Waals surface area contributed by atoms with Gasteiger partial charge >= 0.3 is 0 Å². The summed E-state index contributed by atoms with van der Waals surface area (Å²) in [7, 11) is 0. The molecule has 0 aromatic heterocycles. The van der Waals surface area contributed by atoms with Crippen LogP contribution in [0, 0.1) is 0 Å². The van der Waals surface area contributed by atoms with Gasteiger partial charge in [-0.15, -0.1) is 0 Å². The first-order chi connectivity index (χ1) is 12.0. The summed E-state index contributed by atoms with van der Waals surface area (Å²) in [5.74, 6) is -0.359. The topological polar surface area (TPSA) is 81.6 Å². The fourth-order valence-electron chi connectivity index (χ4n) is 2.38. The van der Waals surface area contributed by atoms with Crippen LogP contribution < -0.4 is 10.6 Å². The van der Waals surface area contributed by atoms with Crippen LogP contribution in [-0.4, -0.2) is 21.6 Å². The van der Waals surface area contributed by atoms with Crippen LogP contribution in [0.2, 0.25) is 0 Å². The summed E-state index contributed by atoms with van der Waals surface area (Å²) in [4.78, 5) is 12.6. The third-order valence-electron chi connectivity index (χ3n) is 3.77. The van der Waals surface area contributed by atoms with E-state index in [1.165, 1.54) is 23.4 Å². The fourth-order valence-corrected chi connectivity index (χ4v) is 3.71. The molecule has 1 saturated heterocycles. The Morgan fingerprint density at radius 2 is 1.96 bits per heavy atom. The van der Waals surface area contributed by atoms with Crippen molar-refractivity contribution in [3.05, 3.63) is 56.9 Å². The Morgan fingerprint density at radius 1 is 1.24 bits per heavy atom. The standard InChI is InChI=1S/C18H17BrN2O3S/c1-2-10-3-5-12(6-4-10)20-18-21-17(24)16(25-18)8-11-7-13(19)15(23)9-14(11)22/h3-9,18,20,22-23H,2H2,1H3,(H,21,24)/b16-8-/t18-/m0/s1. The highest BCUT2D eigenvalue weighted by Gasteiger charge is 2.27. The van der Waals surface area contributed by atoms with Crippen molar-refractivity contribution in [2.45, 2.75) is 18.8 Å². The number of benzene rings is 2. The Bertz CT molecular complexity index is 837. The number of amides is 1. The van der Waals surface area contributed by atoms with Gasteiger partial charge < -0.3 is 20.8 Å². The highest BCUT2D eigenvalue weighted by molar-refractivity contribution is 9.10. The predicted octanol–water partition coefficient (Wildman–Crippen LogP) is 4.02. The number of carbonyl (C=O) groups excluding carboxylic acids is 1. The summed E-state index contributed by atoms with van der Waals surface area (Å²) >= 11 is 4.54. The third kappa shape index (κ3) is 4.11. The minimum absolute atomic E-state index is 0.0572. The molecule has 2 aromatic carbocycles. The molecule has 3 rings (SSSR count). The van der Waals surface area contributed by atoms with Crippen LogP contribution in [0.4, 0.5) is 5.69 Å². The van der Waals surface area contributed by atoms with Gasteiger partial charge in [0.15, 0.2) is 5.50 Å². The molecule has 5 nitrogen and oxygen atoms in total. The molecular formula is C18H17BrN2O3S. The maximum absolute atomic E-state index is 12.2. The lowest BCUT2D eigenvalue weighted by atomic mass is 10.1. The van der Waals surface area contributed by atoms with E-state index >= 15 is 0 Å². The van der Waals surface area contributed by atoms with E-state index in [1.807, 2.05) is 24.3 Å². The number of hydrogen-bond donors (Lipinski definition) is 4. The number of aryl methyl sites for hydroxylation is 1. The van der Waals surface area contributed by atoms with E-state index in [9.17, 15) is 15.0 Å². The van der Waals surface area contributed by atoms with Gasteiger partial charge in [-0.2, -0.15) is 0 Å². The largest absolute Gasteiger partial charge is 0.507 e. The molecule has 4 N–H and O–H groups in total. The van der Waals surface area contributed by atoms with Crippen molar-refractivity contribution in [3.63, 3.8) is 0 Å². The van der Waals surface area contributed by atoms with Crippen molar-refractivity contribution in [2.75, 3.05) is 5.32 Å². The predicted molar refractivity (Wildman–Crippen MR) is 104 cm³/mol. The zero-order valence-electron chi connectivity index (χ0n) is 13.4. The zero-order valence-corrected chi connectivity index (χ0v) is 15.8. The van der Waals surface area contributed by atoms with Crippen molar-refractivity contribution in [1.29, 1.82) is 0 Å². The van der Waals surface area contributed by atoms with E-state index in [0.29, 0.717) is 14.9 Å². The molecule has 1 fully saturated rings. The Balaban J connectivity index is 1.74. The average Bonchev–Trinajstić information content (AvgIpc) is 2.92. The molecule has 1 heterocycles. The van der Waals surface area contributed by atoms with Gasteiger partial charge in [0.05, 0.1) is 9.38 Å². The van der Waals surface area contributed by atoms with Gasteiger partial charge in [0, 0.05) is 17.3 Å². The number of carbonyl (C=O) groups is 1. The highest BCUT2D eigenvalue weighted by atomic mass is 79.9. The number of aromatic hydroxyl groups is 2. The van der Waals surface area contributed by atoms with Gasteiger partial charge in [-0.05, 0) is 52.2 Å². The Hall–Kier alpha value is -2.12. The van der Waals surface area contributed by atoms with E-state index in [1.54, 1.807) is 12.1 Å². The van der Waals surface area contributed by atoms with Gasteiger partial charge in [0.25, 0.3) is 5.91 Å². The molecule has 0 saturated carbocycles. The van der Waals surface area contributed by atoms with Gasteiger partial charge in [0.1, 0.15) is 11.5 Å². The van der Waals surface area contributed by atoms with E-state index in [2.05, 4.69) is 33.5 Å². The molecule has 1 amide bonds. The van der Waals surface area contributed by atoms with Gasteiger partial charge in [0.2, 0.25) is 0 Å². The van der Waals surface area contributed by atoms with Crippen LogP contribution in [-0.2, 0) is 11.2 Å². The van der Waals surface area contributed by atoms with Crippen LogP contribution in [0.15, 0.2) is 45.8 Å². The quantitative estimate of drug-likeness (QED) is 0.561. The Labute approximate surface area is 158 Å². The Kier molecular flexibility index (Phi) is 5.24. The van der Waals surface area contributed by atoms with Crippen molar-refractivity contribution in [1.82, 2.24) is 5.32 Å². The van der Waals surface area contributed by atoms with Gasteiger partial charge in [-0.1, -0.05) is 30.8 Å². The molecule has 130 valence electrons. The summed E-state index contributed by atoms with van der Waals surface area (Å²) in [6.07, 6.45) is 2.58. The van der Waals surface area contributed by atoms with Crippen LogP contribution >= 0.6 is 27.7 Å². The maximum Gasteiger partial charge on any atom is 0.260 e. The van der Waals surface area contributed by atoms with Gasteiger partial charge in [-0.25, -0.2) is 0 Å². The summed E-state index contributed by atoms with van der Waals surface area (Å²) < 4.78 is 0.450. The molecular weight excluding hydrogens is 404 g/mol. The third-order valence-corrected chi connectivity index (χ3v) is 5.44. The lowest BCUT2D eigenvalue weighted by Crippen LogP contribution is -2.30. The number of anilines is 1. The molecule has 1 aliphatic rings. The summed E-state index contributed by atoms with van der Waals surface area (Å²) in [6, 6.07) is 10.9. The molecule has 7 heteroatoms. The number of hydrogen-bond acceptors (Lipinski definition) is 5. The fraction of sp³-hybridized carbons (Fsp3) is 0.167. The van der Waals surface area contributed by atoms with E-state index < -0.39 is 0 Å². The maximum atomic E-state index is 12.2. The summed E-state index contributed by atoms with van der Waals surface area (Å²) in [6.45, 7) is 2.10. The molecule has 0 unspecified atom stereocenters. The number of halogens is 1. The van der Waals surface area contributed by atoms with Crippen molar-refractivity contribution < 1.29 is 15.0 Å². The van der Waals surface area contributed by atoms with E-state index in [0.717, 1.165) is 12.1 Å². The smallest absolute Gasteiger partial charge is 0.260 e. The number of thioether (sulfide) groups is 1. The summed E-state index contributed by atoms with van der Waals surface area (Å²) in [5, 5.41) is 25.6. The molecule has 2 aromatic rings. The zero-order chi connectivity index (χ0) is 18.0. The first-order valence-corrected chi connectivity index (χ1v) is 9.39. The minimum Gasteiger partial charge on any atom is -0.507 e. The second-order valence-corrected chi connectivity index (χ2v) is 7.54. The van der Waals surface area contributed by atoms with Crippen molar-refractivity contribution in [2.24, 2.45) is 0 Å². The first kappa shape index (κ1) is 17.7. The second-order valence-electron chi connectivity index (χ2n) is 5.54. The number of phenols is 2. The van der Waals surface area contributed by atoms with Crippen LogP contribution in [0.5, 0.6) is 11.5 Å². The minimum atomic E-state index is -0.283. The first-order valence-electron chi connectivity index (χ1n) is 7.72. The molecule has 0 bridgehead atoms. The average molecular weight is 421 g/mol. The van der Waals surface area contributed by atoms with E-state index in [-0.39, 0.29) is 22.9 Å².